The van der Waals surface area contributed by atoms with Crippen molar-refractivity contribution in [2.24, 2.45) is 5.73 Å². The molecule has 5 aliphatic rings. The fraction of sp³-hybridized carbons (Fsp3) is 0.400. The van der Waals surface area contributed by atoms with Crippen molar-refractivity contribution >= 4 is 67.2 Å². The quantitative estimate of drug-likeness (QED) is 0.128. The molecule has 0 bridgehead atoms. The minimum Gasteiger partial charge on any atom is -0.379 e. The van der Waals surface area contributed by atoms with Crippen LogP contribution in [0.4, 0.5) is 11.4 Å². The second kappa shape index (κ2) is 27.1. The number of nitrogens with one attached hydrogen (secondary N) is 3. The lowest BCUT2D eigenvalue weighted by molar-refractivity contribution is 0.0673. The van der Waals surface area contributed by atoms with E-state index in [-0.39, 0.29) is 43.4 Å². The lowest BCUT2D eigenvalue weighted by atomic mass is 9.83. The van der Waals surface area contributed by atoms with Gasteiger partial charge in [-0.3, -0.25) is 19.2 Å². The third-order valence-electron chi connectivity index (χ3n) is 14.1. The summed E-state index contributed by atoms with van der Waals surface area (Å²) in [6.07, 6.45) is 9.78. The number of carbonyl (C=O) groups excluding carboxylic acids is 4. The Morgan fingerprint density at radius 3 is 1.45 bits per heavy atom. The Morgan fingerprint density at radius 2 is 0.986 bits per heavy atom. The first kappa shape index (κ1) is 56.0. The summed E-state index contributed by atoms with van der Waals surface area (Å²) in [4.78, 5) is 52.9. The topological polar surface area (TPSA) is 137 Å². The number of amides is 1. The largest absolute Gasteiger partial charge is 0.379 e. The predicted molar refractivity (Wildman–Crippen MR) is 298 cm³/mol. The number of carbonyl (C=O) groups is 4. The number of nitrogens with zero attached hydrogens (tertiary/aromatic N) is 2. The Kier molecular flexibility index (Phi) is 21.3. The van der Waals surface area contributed by atoms with Crippen molar-refractivity contribution in [1.82, 2.24) is 15.1 Å². The fourth-order valence-electron chi connectivity index (χ4n) is 10.1. The smallest absolute Gasteiger partial charge is 0.253 e. The number of ketones is 2. The summed E-state index contributed by atoms with van der Waals surface area (Å²) in [5.74, 6) is 0.582. The van der Waals surface area contributed by atoms with Gasteiger partial charge in [-0.05, 0) is 172 Å². The average molecular weight is 982 g/mol. The Hall–Kier alpha value is -5.91. The standard InChI is InChI=1S/C25H24N2O2.C14H18N2O.C11H7ClO.C6H13N.C2H7N.2CH4/c28-23-11-12-25(26-22-8-4-3-7-21(22)23)13-15-27(16-14-25)24(29)20-10-9-18-5-1-2-6-19(18)17-20;17-13-5-6-14(7-9-15-10-8-14)16-12-4-2-1-3-11(12)13;12-11(13)10-6-5-8-3-1-2-4-9(8)7-10;1-2-7-5-3-4-6-7;1-2-3;;/h1-10,17,26H,11-16H2;1-4,15-16H,5-10H2;1-7H;2-6H2,1H3;2-3H2,1H3;2*1H4. The van der Waals surface area contributed by atoms with Crippen LogP contribution in [0.5, 0.6) is 0 Å². The molecule has 5 aliphatic heterocycles. The maximum Gasteiger partial charge on any atom is 0.253 e. The molecule has 10 nitrogen and oxygen atoms in total. The highest BCUT2D eigenvalue weighted by atomic mass is 35.5. The molecule has 378 valence electrons. The number of hydrogen-bond acceptors (Lipinski definition) is 9. The molecule has 6 aromatic carbocycles. The average Bonchev–Trinajstić information content (AvgIpc) is 3.84. The van der Waals surface area contributed by atoms with E-state index in [4.69, 9.17) is 17.3 Å². The summed E-state index contributed by atoms with van der Waals surface area (Å²) < 4.78 is 0. The molecular weight excluding hydrogens is 904 g/mol. The monoisotopic (exact) mass is 981 g/mol. The molecule has 5 N–H and O–H groups in total. The molecule has 6 aromatic rings. The van der Waals surface area contributed by atoms with Crippen molar-refractivity contribution in [1.29, 1.82) is 0 Å². The van der Waals surface area contributed by atoms with Gasteiger partial charge >= 0.3 is 0 Å². The Morgan fingerprint density at radius 1 is 0.563 bits per heavy atom. The van der Waals surface area contributed by atoms with E-state index in [1.54, 1.807) is 12.1 Å². The molecule has 11 rings (SSSR count). The third kappa shape index (κ3) is 14.8. The van der Waals surface area contributed by atoms with E-state index >= 15 is 0 Å². The van der Waals surface area contributed by atoms with Crippen LogP contribution in [0.25, 0.3) is 21.5 Å². The van der Waals surface area contributed by atoms with Crippen LogP contribution in [0, 0.1) is 0 Å². The van der Waals surface area contributed by atoms with Gasteiger partial charge in [-0.1, -0.05) is 114 Å². The van der Waals surface area contributed by atoms with Crippen LogP contribution in [-0.2, 0) is 0 Å². The van der Waals surface area contributed by atoms with Gasteiger partial charge in [0.2, 0.25) is 0 Å². The summed E-state index contributed by atoms with van der Waals surface area (Å²) in [7, 11) is 0. The van der Waals surface area contributed by atoms with E-state index in [0.717, 1.165) is 108 Å². The Balaban J connectivity index is 0.000000190. The van der Waals surface area contributed by atoms with E-state index in [9.17, 15) is 19.2 Å². The number of benzene rings is 6. The van der Waals surface area contributed by atoms with Gasteiger partial charge in [-0.2, -0.15) is 0 Å². The van der Waals surface area contributed by atoms with E-state index in [1.165, 1.54) is 32.5 Å². The van der Waals surface area contributed by atoms with Crippen LogP contribution in [0.1, 0.15) is 134 Å². The lowest BCUT2D eigenvalue weighted by Crippen LogP contribution is -2.50. The predicted octanol–water partition coefficient (Wildman–Crippen LogP) is 12.7. The van der Waals surface area contributed by atoms with Crippen molar-refractivity contribution in [3.63, 3.8) is 0 Å². The van der Waals surface area contributed by atoms with Crippen molar-refractivity contribution in [3.05, 3.63) is 156 Å². The SMILES string of the molecule is C.C.CCN.CCN1CCCC1.O=C(Cl)c1ccc2ccccc2c1.O=C1CCC2(CCN(C(=O)c3ccc4ccccc4c3)CC2)Nc2ccccc21.O=C1CCC2(CCNCC2)Nc2ccccc21. The van der Waals surface area contributed by atoms with E-state index < -0.39 is 5.24 Å². The number of hydrogen-bond donors (Lipinski definition) is 4. The molecule has 0 unspecified atom stereocenters. The number of anilines is 2. The lowest BCUT2D eigenvalue weighted by Gasteiger charge is -2.42. The van der Waals surface area contributed by atoms with Crippen molar-refractivity contribution in [2.45, 2.75) is 104 Å². The molecule has 0 atom stereocenters. The third-order valence-corrected chi connectivity index (χ3v) is 14.3. The molecular formula is C60H77ClN6O4. The van der Waals surface area contributed by atoms with Gasteiger partial charge in [0.1, 0.15) is 0 Å². The molecule has 3 fully saturated rings. The normalized spacial score (nSPS) is 17.3. The Labute approximate surface area is 428 Å². The second-order valence-corrected chi connectivity index (χ2v) is 19.1. The summed E-state index contributed by atoms with van der Waals surface area (Å²) in [6, 6.07) is 43.0. The number of para-hydroxylation sites is 2. The molecule has 2 spiro atoms. The van der Waals surface area contributed by atoms with Crippen LogP contribution in [-0.4, -0.2) is 96.0 Å². The number of nitrogens with two attached hydrogens (primary N) is 1. The zero-order valence-electron chi connectivity index (χ0n) is 40.4. The summed E-state index contributed by atoms with van der Waals surface area (Å²) >= 11 is 5.36. The maximum absolute atomic E-state index is 13.1. The van der Waals surface area contributed by atoms with Crippen LogP contribution >= 0.6 is 11.6 Å². The van der Waals surface area contributed by atoms with Crippen LogP contribution in [0.15, 0.2) is 133 Å². The highest BCUT2D eigenvalue weighted by molar-refractivity contribution is 6.67. The molecule has 1 amide bonds. The molecule has 11 heteroatoms. The summed E-state index contributed by atoms with van der Waals surface area (Å²) in [6.45, 7) is 12.3. The molecule has 3 saturated heterocycles. The van der Waals surface area contributed by atoms with Crippen molar-refractivity contribution in [3.8, 4) is 0 Å². The first-order chi connectivity index (χ1) is 33.5. The van der Waals surface area contributed by atoms with Gasteiger partial charge in [0.25, 0.3) is 11.1 Å². The highest BCUT2D eigenvalue weighted by Crippen LogP contribution is 2.37. The first-order valence-electron chi connectivity index (χ1n) is 25.0. The van der Waals surface area contributed by atoms with Gasteiger partial charge in [-0.25, -0.2) is 0 Å². The minimum absolute atomic E-state index is 0. The highest BCUT2D eigenvalue weighted by Gasteiger charge is 2.39. The number of likely N-dealkylation sites (tertiary alicyclic amines) is 2. The fourth-order valence-corrected chi connectivity index (χ4v) is 10.2. The summed E-state index contributed by atoms with van der Waals surface area (Å²) in [5.41, 5.74) is 9.77. The van der Waals surface area contributed by atoms with Crippen LogP contribution in [0.2, 0.25) is 0 Å². The van der Waals surface area contributed by atoms with Gasteiger partial charge < -0.3 is 31.5 Å². The van der Waals surface area contributed by atoms with E-state index in [0.29, 0.717) is 31.5 Å². The van der Waals surface area contributed by atoms with Gasteiger partial charge in [0.05, 0.1) is 0 Å². The van der Waals surface area contributed by atoms with Gasteiger partial charge in [-0.15, -0.1) is 0 Å². The molecule has 0 radical (unpaired) electrons. The zero-order chi connectivity index (χ0) is 48.6. The van der Waals surface area contributed by atoms with Gasteiger partial charge in [0.15, 0.2) is 11.6 Å². The Bertz CT molecular complexity index is 2690. The first-order valence-corrected chi connectivity index (χ1v) is 25.3. The molecule has 5 heterocycles. The second-order valence-electron chi connectivity index (χ2n) is 18.7. The number of halogens is 1. The van der Waals surface area contributed by atoms with Crippen LogP contribution < -0.4 is 21.7 Å². The maximum atomic E-state index is 13.1. The van der Waals surface area contributed by atoms with Gasteiger partial charge in [0, 0.05) is 70.6 Å². The van der Waals surface area contributed by atoms with E-state index in [2.05, 4.69) is 33.8 Å². The molecule has 71 heavy (non-hydrogen) atoms. The number of rotatable bonds is 3. The molecule has 0 aliphatic carbocycles. The zero-order valence-corrected chi connectivity index (χ0v) is 41.2. The number of fused-ring (bicyclic) bond motifs is 4. The van der Waals surface area contributed by atoms with Crippen molar-refractivity contribution in [2.75, 3.05) is 63.0 Å². The number of piperidine rings is 2. The minimum atomic E-state index is -0.411. The summed E-state index contributed by atoms with van der Waals surface area (Å²) in [5, 5.41) is 14.7. The number of Topliss-reactive ketones (excluding diaryl/α,β-unsaturated/α-hetero) is 2. The molecule has 0 saturated carbocycles. The van der Waals surface area contributed by atoms with E-state index in [1.807, 2.05) is 127 Å². The van der Waals surface area contributed by atoms with Crippen LogP contribution in [0.3, 0.4) is 0 Å². The van der Waals surface area contributed by atoms with Crippen molar-refractivity contribution < 1.29 is 19.2 Å². The molecule has 0 aromatic heterocycles.